The topological polar surface area (TPSA) is 44.1 Å². The molecule has 0 amide bonds. The van der Waals surface area contributed by atoms with Crippen molar-refractivity contribution in [1.29, 1.82) is 0 Å². The van der Waals surface area contributed by atoms with Crippen LogP contribution in [-0.4, -0.2) is 15.7 Å². The van der Waals surface area contributed by atoms with E-state index in [1.165, 1.54) is 25.2 Å². The molecule has 0 aliphatic rings. The molecule has 0 unspecified atom stereocenters. The number of carbonyl (C=O) groups is 1. The van der Waals surface area contributed by atoms with Gasteiger partial charge >= 0.3 is 12.1 Å². The molecular weight excluding hydrogens is 309 g/mol. The first-order valence-electron chi connectivity index (χ1n) is 5.77. The molecule has 0 bridgehead atoms. The number of hydrogen-bond acceptors (Lipinski definition) is 3. The van der Waals surface area contributed by atoms with Gasteiger partial charge in [0.1, 0.15) is 11.3 Å². The van der Waals surface area contributed by atoms with Gasteiger partial charge in [0.05, 0.1) is 0 Å². The van der Waals surface area contributed by atoms with E-state index in [9.17, 15) is 18.0 Å². The number of ether oxygens (including phenoxy) is 1. The van der Waals surface area contributed by atoms with Gasteiger partial charge in [0, 0.05) is 18.3 Å². The number of nitrogens with zero attached hydrogens (tertiary/aromatic N) is 2. The Morgan fingerprint density at radius 2 is 2.05 bits per heavy atom. The zero-order valence-electron chi connectivity index (χ0n) is 11.0. The summed E-state index contributed by atoms with van der Waals surface area (Å²) >= 11 is 5.82. The standard InChI is InChI=1S/C13H10ClF3N2O2/c1-7-5-8(3-4-10(7)14)21-12(20)9-6-19(2)18-11(9)13(15,16)17/h3-6H,1-2H3. The second-order valence-corrected chi connectivity index (χ2v) is 4.77. The molecule has 4 nitrogen and oxygen atoms in total. The number of alkyl halides is 3. The Morgan fingerprint density at radius 1 is 1.38 bits per heavy atom. The molecule has 8 heteroatoms. The van der Waals surface area contributed by atoms with Gasteiger partial charge < -0.3 is 4.74 Å². The molecule has 0 saturated heterocycles. The Bertz CT molecular complexity index is 695. The average Bonchev–Trinajstić information content (AvgIpc) is 2.76. The number of esters is 1. The molecule has 1 aromatic heterocycles. The highest BCUT2D eigenvalue weighted by atomic mass is 35.5. The number of benzene rings is 1. The second-order valence-electron chi connectivity index (χ2n) is 4.36. The normalized spacial score (nSPS) is 11.5. The maximum Gasteiger partial charge on any atom is 0.436 e. The van der Waals surface area contributed by atoms with Gasteiger partial charge in [-0.25, -0.2) is 4.79 Å². The smallest absolute Gasteiger partial charge is 0.423 e. The van der Waals surface area contributed by atoms with Crippen molar-refractivity contribution in [3.8, 4) is 5.75 Å². The van der Waals surface area contributed by atoms with Crippen LogP contribution in [0.3, 0.4) is 0 Å². The van der Waals surface area contributed by atoms with Crippen LogP contribution in [0.15, 0.2) is 24.4 Å². The van der Waals surface area contributed by atoms with E-state index in [4.69, 9.17) is 16.3 Å². The number of carbonyl (C=O) groups excluding carboxylic acids is 1. The van der Waals surface area contributed by atoms with Gasteiger partial charge in [0.2, 0.25) is 0 Å². The summed E-state index contributed by atoms with van der Waals surface area (Å²) in [6.07, 6.45) is -3.76. The average molecular weight is 319 g/mol. The van der Waals surface area contributed by atoms with E-state index in [0.29, 0.717) is 10.6 Å². The van der Waals surface area contributed by atoms with Crippen molar-refractivity contribution in [1.82, 2.24) is 9.78 Å². The number of rotatable bonds is 2. The van der Waals surface area contributed by atoms with Crippen molar-refractivity contribution in [2.24, 2.45) is 7.05 Å². The highest BCUT2D eigenvalue weighted by Crippen LogP contribution is 2.31. The first-order chi connectivity index (χ1) is 9.68. The molecule has 1 aromatic carbocycles. The van der Waals surface area contributed by atoms with Crippen LogP contribution in [0.2, 0.25) is 5.02 Å². The number of halogens is 4. The molecule has 0 fully saturated rings. The van der Waals surface area contributed by atoms with Gasteiger partial charge in [0.25, 0.3) is 0 Å². The van der Waals surface area contributed by atoms with Gasteiger partial charge in [-0.2, -0.15) is 18.3 Å². The molecule has 0 atom stereocenters. The van der Waals surface area contributed by atoms with E-state index in [0.717, 1.165) is 10.9 Å². The molecule has 21 heavy (non-hydrogen) atoms. The zero-order valence-corrected chi connectivity index (χ0v) is 11.8. The van der Waals surface area contributed by atoms with Crippen molar-refractivity contribution in [2.75, 3.05) is 0 Å². The van der Waals surface area contributed by atoms with Crippen molar-refractivity contribution in [2.45, 2.75) is 13.1 Å². The number of aryl methyl sites for hydroxylation is 2. The minimum absolute atomic E-state index is 0.110. The Morgan fingerprint density at radius 3 is 2.62 bits per heavy atom. The maximum atomic E-state index is 12.8. The highest BCUT2D eigenvalue weighted by molar-refractivity contribution is 6.31. The lowest BCUT2D eigenvalue weighted by Gasteiger charge is -2.07. The predicted octanol–water partition coefficient (Wildman–Crippen LogP) is 3.62. The fraction of sp³-hybridized carbons (Fsp3) is 0.231. The fourth-order valence-electron chi connectivity index (χ4n) is 1.69. The lowest BCUT2D eigenvalue weighted by molar-refractivity contribution is -0.141. The Labute approximate surface area is 123 Å². The lowest BCUT2D eigenvalue weighted by Crippen LogP contribution is -2.16. The summed E-state index contributed by atoms with van der Waals surface area (Å²) in [6, 6.07) is 4.36. The summed E-state index contributed by atoms with van der Waals surface area (Å²) in [5.74, 6) is -1.02. The summed E-state index contributed by atoms with van der Waals surface area (Å²) in [7, 11) is 1.29. The molecule has 1 heterocycles. The summed E-state index contributed by atoms with van der Waals surface area (Å²) in [4.78, 5) is 11.9. The van der Waals surface area contributed by atoms with Crippen LogP contribution in [0, 0.1) is 6.92 Å². The van der Waals surface area contributed by atoms with Crippen LogP contribution in [0.25, 0.3) is 0 Å². The van der Waals surface area contributed by atoms with Gasteiger partial charge in [-0.05, 0) is 30.7 Å². The summed E-state index contributed by atoms with van der Waals surface area (Å²) in [5, 5.41) is 3.71. The molecule has 0 radical (unpaired) electrons. The van der Waals surface area contributed by atoms with Gasteiger partial charge in [-0.3, -0.25) is 4.68 Å². The van der Waals surface area contributed by atoms with E-state index < -0.39 is 23.4 Å². The molecule has 0 aliphatic carbocycles. The Hall–Kier alpha value is -2.02. The Balaban J connectivity index is 2.30. The van der Waals surface area contributed by atoms with Crippen molar-refractivity contribution in [3.05, 3.63) is 46.2 Å². The third kappa shape index (κ3) is 3.36. The summed E-state index contributed by atoms with van der Waals surface area (Å²) in [5.41, 5.74) is -1.28. The van der Waals surface area contributed by atoms with Gasteiger partial charge in [-0.1, -0.05) is 11.6 Å². The number of aromatic nitrogens is 2. The van der Waals surface area contributed by atoms with E-state index in [1.54, 1.807) is 6.92 Å². The van der Waals surface area contributed by atoms with Crippen LogP contribution in [0.5, 0.6) is 5.75 Å². The lowest BCUT2D eigenvalue weighted by atomic mass is 10.2. The first-order valence-corrected chi connectivity index (χ1v) is 6.15. The fourth-order valence-corrected chi connectivity index (χ4v) is 1.81. The molecule has 112 valence electrons. The van der Waals surface area contributed by atoms with Crippen LogP contribution in [0.4, 0.5) is 13.2 Å². The minimum Gasteiger partial charge on any atom is -0.423 e. The largest absolute Gasteiger partial charge is 0.436 e. The maximum absolute atomic E-state index is 12.8. The zero-order chi connectivity index (χ0) is 15.8. The monoisotopic (exact) mass is 318 g/mol. The summed E-state index contributed by atoms with van der Waals surface area (Å²) < 4.78 is 44.2. The van der Waals surface area contributed by atoms with E-state index in [2.05, 4.69) is 5.10 Å². The number of hydrogen-bond donors (Lipinski definition) is 0. The van der Waals surface area contributed by atoms with Gasteiger partial charge in [0.15, 0.2) is 5.69 Å². The van der Waals surface area contributed by atoms with Crippen LogP contribution < -0.4 is 4.74 Å². The molecule has 0 N–H and O–H groups in total. The third-order valence-corrected chi connectivity index (χ3v) is 3.08. The van der Waals surface area contributed by atoms with Crippen molar-refractivity contribution in [3.63, 3.8) is 0 Å². The highest BCUT2D eigenvalue weighted by Gasteiger charge is 2.39. The molecule has 0 saturated carbocycles. The third-order valence-electron chi connectivity index (χ3n) is 2.66. The van der Waals surface area contributed by atoms with E-state index >= 15 is 0 Å². The molecule has 0 spiro atoms. The van der Waals surface area contributed by atoms with Crippen LogP contribution in [-0.2, 0) is 13.2 Å². The van der Waals surface area contributed by atoms with Crippen molar-refractivity contribution >= 4 is 17.6 Å². The van der Waals surface area contributed by atoms with E-state index in [-0.39, 0.29) is 5.75 Å². The van der Waals surface area contributed by atoms with E-state index in [1.807, 2.05) is 0 Å². The first kappa shape index (κ1) is 15.4. The quantitative estimate of drug-likeness (QED) is 0.627. The van der Waals surface area contributed by atoms with Crippen molar-refractivity contribution < 1.29 is 22.7 Å². The second kappa shape index (κ2) is 5.40. The summed E-state index contributed by atoms with van der Waals surface area (Å²) in [6.45, 7) is 1.69. The SMILES string of the molecule is Cc1cc(OC(=O)c2cn(C)nc2C(F)(F)F)ccc1Cl. The van der Waals surface area contributed by atoms with Gasteiger partial charge in [-0.15, -0.1) is 0 Å². The molecule has 0 aliphatic heterocycles. The molecular formula is C13H10ClF3N2O2. The predicted molar refractivity (Wildman–Crippen MR) is 69.4 cm³/mol. The van der Waals surface area contributed by atoms with Crippen LogP contribution in [0.1, 0.15) is 21.6 Å². The minimum atomic E-state index is -4.73. The Kier molecular flexibility index (Phi) is 3.95. The van der Waals surface area contributed by atoms with Crippen LogP contribution >= 0.6 is 11.6 Å². The molecule has 2 aromatic rings. The molecule has 2 rings (SSSR count).